The first-order valence-electron chi connectivity index (χ1n) is 27.1. The third-order valence-corrected chi connectivity index (χ3v) is 12.9. The largest absolute Gasteiger partial charge is 0.462 e. The lowest BCUT2D eigenvalue weighted by Crippen LogP contribution is -2.61. The molecule has 0 aromatic heterocycles. The van der Waals surface area contributed by atoms with Gasteiger partial charge >= 0.3 is 11.9 Å². The van der Waals surface area contributed by atoms with Crippen LogP contribution in [0.4, 0.5) is 0 Å². The van der Waals surface area contributed by atoms with Crippen LogP contribution in [0.15, 0.2) is 36.5 Å². The number of allylic oxidation sites excluding steroid dienone is 6. The van der Waals surface area contributed by atoms with E-state index >= 15 is 0 Å². The van der Waals surface area contributed by atoms with Gasteiger partial charge in [0.1, 0.15) is 55.4 Å². The maximum Gasteiger partial charge on any atom is 0.306 e. The summed E-state index contributed by atoms with van der Waals surface area (Å²) >= 11 is 0. The zero-order valence-electron chi connectivity index (χ0n) is 42.5. The van der Waals surface area contributed by atoms with Gasteiger partial charge in [-0.2, -0.15) is 0 Å². The summed E-state index contributed by atoms with van der Waals surface area (Å²) in [7, 11) is 0. The van der Waals surface area contributed by atoms with Crippen molar-refractivity contribution in [3.8, 4) is 0 Å². The molecule has 0 spiro atoms. The number of ether oxygens (including phenoxy) is 6. The van der Waals surface area contributed by atoms with Crippen LogP contribution in [0.5, 0.6) is 0 Å². The molecule has 69 heavy (non-hydrogen) atoms. The van der Waals surface area contributed by atoms with Crippen molar-refractivity contribution in [2.75, 3.05) is 26.4 Å². The molecule has 11 unspecified atom stereocenters. The first kappa shape index (κ1) is 62.8. The average Bonchev–Trinajstić information content (AvgIpc) is 3.34. The Hall–Kier alpha value is -2.28. The summed E-state index contributed by atoms with van der Waals surface area (Å²) in [5, 5.41) is 72.2. The lowest BCUT2D eigenvalue weighted by atomic mass is 9.98. The number of hydrogen-bond acceptors (Lipinski definition) is 15. The van der Waals surface area contributed by atoms with Gasteiger partial charge in [-0.25, -0.2) is 0 Å². The summed E-state index contributed by atoms with van der Waals surface area (Å²) in [6.07, 6.45) is 27.3. The van der Waals surface area contributed by atoms with E-state index in [1.54, 1.807) is 0 Å². The third kappa shape index (κ3) is 29.1. The highest BCUT2D eigenvalue weighted by Crippen LogP contribution is 2.26. The maximum absolute atomic E-state index is 13.0. The number of carbonyl (C=O) groups is 2. The Kier molecular flexibility index (Phi) is 37.5. The van der Waals surface area contributed by atoms with Gasteiger partial charge in [-0.05, 0) is 44.9 Å². The minimum atomic E-state index is -1.77. The van der Waals surface area contributed by atoms with Crippen molar-refractivity contribution < 1.29 is 73.8 Å². The fourth-order valence-electron chi connectivity index (χ4n) is 8.47. The minimum Gasteiger partial charge on any atom is -0.462 e. The summed E-state index contributed by atoms with van der Waals surface area (Å²) in [5.74, 6) is -0.929. The van der Waals surface area contributed by atoms with Crippen molar-refractivity contribution in [2.24, 2.45) is 0 Å². The average molecular weight is 985 g/mol. The van der Waals surface area contributed by atoms with Crippen molar-refractivity contribution >= 4 is 11.9 Å². The standard InChI is InChI=1S/C54H96O15/c1-3-5-7-9-11-13-15-17-19-21-23-25-27-29-31-33-35-37-46(57)67-42(39-64-45(56)36-34-32-30-28-26-24-22-20-18-16-14-12-10-8-6-4-2)40-65-53-52(63)50(61)48(59)44(69-53)41-66-54-51(62)49(60)47(58)43(38-55)68-54/h5,7,11,13,17,19,42-44,47-55,58-63H,3-4,6,8-10,12,14-16,18,20-41H2,1-2H3/b7-5-,13-11-,19-17-. The predicted octanol–water partition coefficient (Wildman–Crippen LogP) is 8.10. The van der Waals surface area contributed by atoms with E-state index in [0.29, 0.717) is 12.8 Å². The number of unbranched alkanes of at least 4 members (excludes halogenated alkanes) is 22. The summed E-state index contributed by atoms with van der Waals surface area (Å²) in [6.45, 7) is 2.49. The molecule has 2 heterocycles. The molecule has 7 N–H and O–H groups in total. The minimum absolute atomic E-state index is 0.155. The molecule has 11 atom stereocenters. The van der Waals surface area contributed by atoms with Crippen molar-refractivity contribution in [1.29, 1.82) is 0 Å². The first-order chi connectivity index (χ1) is 33.5. The quantitative estimate of drug-likeness (QED) is 0.0174. The molecule has 15 heteroatoms. The summed E-state index contributed by atoms with van der Waals surface area (Å²) in [4.78, 5) is 25.8. The zero-order valence-corrected chi connectivity index (χ0v) is 42.5. The van der Waals surface area contributed by atoms with Crippen molar-refractivity contribution in [2.45, 2.75) is 268 Å². The molecule has 0 radical (unpaired) electrons. The molecular weight excluding hydrogens is 889 g/mol. The summed E-state index contributed by atoms with van der Waals surface area (Å²) in [6, 6.07) is 0. The highest BCUT2D eigenvalue weighted by Gasteiger charge is 2.47. The van der Waals surface area contributed by atoms with Crippen molar-refractivity contribution in [1.82, 2.24) is 0 Å². The molecule has 2 fully saturated rings. The molecule has 402 valence electrons. The Morgan fingerprint density at radius 1 is 0.478 bits per heavy atom. The molecule has 0 saturated carbocycles. The van der Waals surface area contributed by atoms with Crippen LogP contribution in [-0.2, 0) is 38.0 Å². The molecule has 0 bridgehead atoms. The number of carbonyl (C=O) groups excluding carboxylic acids is 2. The second kappa shape index (κ2) is 41.2. The van der Waals surface area contributed by atoms with Crippen LogP contribution in [0.2, 0.25) is 0 Å². The third-order valence-electron chi connectivity index (χ3n) is 12.9. The van der Waals surface area contributed by atoms with E-state index in [9.17, 15) is 45.3 Å². The topological polar surface area (TPSA) is 231 Å². The number of aliphatic hydroxyl groups is 7. The van der Waals surface area contributed by atoms with E-state index in [1.165, 1.54) is 77.0 Å². The Labute approximate surface area is 415 Å². The zero-order chi connectivity index (χ0) is 50.3. The molecule has 2 rings (SSSR count). The highest BCUT2D eigenvalue weighted by atomic mass is 16.7. The van der Waals surface area contributed by atoms with Gasteiger partial charge in [-0.1, -0.05) is 179 Å². The van der Waals surface area contributed by atoms with Gasteiger partial charge in [-0.3, -0.25) is 9.59 Å². The molecule has 0 amide bonds. The summed E-state index contributed by atoms with van der Waals surface area (Å²) < 4.78 is 33.6. The van der Waals surface area contributed by atoms with Crippen molar-refractivity contribution in [3.63, 3.8) is 0 Å². The fraction of sp³-hybridized carbons (Fsp3) is 0.852. The van der Waals surface area contributed by atoms with Crippen molar-refractivity contribution in [3.05, 3.63) is 36.5 Å². The van der Waals surface area contributed by atoms with Crippen LogP contribution >= 0.6 is 0 Å². The Balaban J connectivity index is 1.79. The Morgan fingerprint density at radius 2 is 0.913 bits per heavy atom. The SMILES string of the molecule is CC/C=C\C/C=C\C/C=C\CCCCCCCCCC(=O)OC(COC(=O)CCCCCCCCCCCCCCCCCC)COC1OC(COC2OC(CO)C(O)C(O)C2O)C(O)C(O)C1O. The highest BCUT2D eigenvalue weighted by molar-refractivity contribution is 5.70. The lowest BCUT2D eigenvalue weighted by molar-refractivity contribution is -0.332. The van der Waals surface area contributed by atoms with Gasteiger partial charge in [0.05, 0.1) is 19.8 Å². The maximum atomic E-state index is 13.0. The summed E-state index contributed by atoms with van der Waals surface area (Å²) in [5.41, 5.74) is 0. The Morgan fingerprint density at radius 3 is 1.43 bits per heavy atom. The molecule has 2 aliphatic heterocycles. The van der Waals surface area contributed by atoms with Gasteiger partial charge in [0.25, 0.3) is 0 Å². The van der Waals surface area contributed by atoms with Crippen LogP contribution in [0.1, 0.15) is 200 Å². The monoisotopic (exact) mass is 985 g/mol. The van der Waals surface area contributed by atoms with E-state index in [2.05, 4.69) is 50.3 Å². The second-order valence-electron chi connectivity index (χ2n) is 19.0. The molecule has 2 aliphatic rings. The van der Waals surface area contributed by atoms with Crippen LogP contribution in [0, 0.1) is 0 Å². The van der Waals surface area contributed by atoms with Crippen LogP contribution in [-0.4, -0.2) is 142 Å². The van der Waals surface area contributed by atoms with Crippen LogP contribution < -0.4 is 0 Å². The van der Waals surface area contributed by atoms with E-state index in [0.717, 1.165) is 83.5 Å². The van der Waals surface area contributed by atoms with E-state index < -0.39 is 92.7 Å². The van der Waals surface area contributed by atoms with Gasteiger partial charge in [0.2, 0.25) is 0 Å². The predicted molar refractivity (Wildman–Crippen MR) is 266 cm³/mol. The molecule has 0 aliphatic carbocycles. The molecule has 0 aromatic carbocycles. The number of esters is 2. The molecule has 2 saturated heterocycles. The van der Waals surface area contributed by atoms with E-state index in [-0.39, 0.29) is 26.1 Å². The van der Waals surface area contributed by atoms with Gasteiger partial charge < -0.3 is 64.2 Å². The lowest BCUT2D eigenvalue weighted by Gasteiger charge is -2.42. The van der Waals surface area contributed by atoms with Gasteiger partial charge in [0, 0.05) is 12.8 Å². The van der Waals surface area contributed by atoms with Crippen LogP contribution in [0.25, 0.3) is 0 Å². The van der Waals surface area contributed by atoms with E-state index in [4.69, 9.17) is 28.4 Å². The number of rotatable bonds is 42. The number of aliphatic hydroxyl groups excluding tert-OH is 7. The second-order valence-corrected chi connectivity index (χ2v) is 19.0. The van der Waals surface area contributed by atoms with E-state index in [1.807, 2.05) is 0 Å². The van der Waals surface area contributed by atoms with Gasteiger partial charge in [-0.15, -0.1) is 0 Å². The molecule has 0 aromatic rings. The Bertz CT molecular complexity index is 1340. The van der Waals surface area contributed by atoms with Crippen LogP contribution in [0.3, 0.4) is 0 Å². The molecular formula is C54H96O15. The normalized spacial score (nSPS) is 25.8. The smallest absolute Gasteiger partial charge is 0.306 e. The fourth-order valence-corrected chi connectivity index (χ4v) is 8.47. The van der Waals surface area contributed by atoms with Gasteiger partial charge in [0.15, 0.2) is 18.7 Å². The molecule has 15 nitrogen and oxygen atoms in total. The first-order valence-corrected chi connectivity index (χ1v) is 27.1. The number of hydrogen-bond donors (Lipinski definition) is 7.